The van der Waals surface area contributed by atoms with E-state index in [1.807, 2.05) is 79.7 Å². The molecule has 0 radical (unpaired) electrons. The highest BCUT2D eigenvalue weighted by molar-refractivity contribution is 6.33. The van der Waals surface area contributed by atoms with E-state index in [4.69, 9.17) is 27.9 Å². The number of fused-ring (bicyclic) bond motifs is 4. The zero-order valence-corrected chi connectivity index (χ0v) is 34.3. The number of carbonyl (C=O) groups excluding carboxylic acids is 4. The zero-order valence-electron chi connectivity index (χ0n) is 32.8. The van der Waals surface area contributed by atoms with Crippen LogP contribution in [0.15, 0.2) is 137 Å². The second kappa shape index (κ2) is 15.1. The van der Waals surface area contributed by atoms with Gasteiger partial charge in [-0.25, -0.2) is 4.90 Å². The number of allylic oxidation sites excluding steroid dienone is 2. The third kappa shape index (κ3) is 6.09. The molecule has 0 spiro atoms. The van der Waals surface area contributed by atoms with Crippen LogP contribution in [0.5, 0.6) is 11.5 Å². The summed E-state index contributed by atoms with van der Waals surface area (Å²) in [6.45, 7) is 0. The molecule has 13 heteroatoms. The molecule has 1 N–H and O–H groups in total. The summed E-state index contributed by atoms with van der Waals surface area (Å²) in [5, 5.41) is 19.9. The molecule has 3 fully saturated rings. The Morgan fingerprint density at radius 3 is 2.08 bits per heavy atom. The first-order chi connectivity index (χ1) is 28.9. The molecule has 5 aromatic rings. The lowest BCUT2D eigenvalue weighted by atomic mass is 9.49. The van der Waals surface area contributed by atoms with Crippen molar-refractivity contribution in [3.8, 4) is 11.5 Å². The summed E-state index contributed by atoms with van der Waals surface area (Å²) < 4.78 is 5.57. The van der Waals surface area contributed by atoms with Gasteiger partial charge >= 0.3 is 0 Å². The summed E-state index contributed by atoms with van der Waals surface area (Å²) in [5.41, 5.74) is 3.31. The van der Waals surface area contributed by atoms with Crippen molar-refractivity contribution < 1.29 is 29.0 Å². The molecule has 9 rings (SSSR count). The van der Waals surface area contributed by atoms with E-state index in [0.717, 1.165) is 11.3 Å². The number of ether oxygens (including phenoxy) is 1. The van der Waals surface area contributed by atoms with E-state index in [1.165, 1.54) is 16.9 Å². The Labute approximate surface area is 356 Å². The summed E-state index contributed by atoms with van der Waals surface area (Å²) in [6, 6.07) is 33.4. The minimum absolute atomic E-state index is 0.00694. The molecular formula is C47H39Cl2N5O6. The molecule has 2 aliphatic carbocycles. The number of hydrogen-bond donors (Lipinski definition) is 1. The molecule has 2 heterocycles. The Hall–Kier alpha value is -6.30. The van der Waals surface area contributed by atoms with Crippen LogP contribution in [0.3, 0.4) is 0 Å². The minimum atomic E-state index is -1.52. The Morgan fingerprint density at radius 1 is 0.750 bits per heavy atom. The Morgan fingerprint density at radius 2 is 1.43 bits per heavy atom. The summed E-state index contributed by atoms with van der Waals surface area (Å²) >= 11 is 13.1. The van der Waals surface area contributed by atoms with Gasteiger partial charge in [0.05, 0.1) is 58.1 Å². The number of amides is 4. The van der Waals surface area contributed by atoms with Crippen molar-refractivity contribution in [3.63, 3.8) is 0 Å². The molecule has 11 nitrogen and oxygen atoms in total. The number of anilines is 3. The predicted octanol–water partition coefficient (Wildman–Crippen LogP) is 9.56. The molecule has 60 heavy (non-hydrogen) atoms. The van der Waals surface area contributed by atoms with Crippen LogP contribution in [0.4, 0.5) is 28.4 Å². The fraction of sp³-hybridized carbons (Fsp3) is 0.234. The summed E-state index contributed by atoms with van der Waals surface area (Å²) in [5.74, 6) is -5.78. The number of hydrogen-bond acceptors (Lipinski definition) is 9. The largest absolute Gasteiger partial charge is 0.503 e. The lowest BCUT2D eigenvalue weighted by Crippen LogP contribution is -2.53. The molecule has 4 amide bonds. The number of azo groups is 1. The monoisotopic (exact) mass is 839 g/mol. The number of benzene rings is 5. The van der Waals surface area contributed by atoms with Gasteiger partial charge in [-0.15, -0.1) is 0 Å². The number of aromatic hydroxyl groups is 1. The molecule has 1 saturated carbocycles. The van der Waals surface area contributed by atoms with Gasteiger partial charge in [0.25, 0.3) is 0 Å². The number of methoxy groups -OCH3 is 1. The van der Waals surface area contributed by atoms with Gasteiger partial charge in [-0.3, -0.25) is 24.1 Å². The lowest BCUT2D eigenvalue weighted by Gasteiger charge is -2.50. The second-order valence-corrected chi connectivity index (χ2v) is 16.6. The van der Waals surface area contributed by atoms with Gasteiger partial charge < -0.3 is 14.7 Å². The molecule has 302 valence electrons. The molecular weight excluding hydrogens is 801 g/mol. The summed E-state index contributed by atoms with van der Waals surface area (Å²) in [7, 11) is 5.32. The van der Waals surface area contributed by atoms with E-state index in [0.29, 0.717) is 38.9 Å². The third-order valence-electron chi connectivity index (χ3n) is 12.5. The van der Waals surface area contributed by atoms with Crippen LogP contribution in [0, 0.1) is 23.7 Å². The molecule has 4 aliphatic rings. The molecule has 2 aliphatic heterocycles. The first-order valence-electron chi connectivity index (χ1n) is 19.6. The van der Waals surface area contributed by atoms with Crippen LogP contribution in [0.1, 0.15) is 29.9 Å². The van der Waals surface area contributed by atoms with Crippen molar-refractivity contribution >= 4 is 75.3 Å². The second-order valence-electron chi connectivity index (χ2n) is 15.8. The fourth-order valence-electron chi connectivity index (χ4n) is 9.89. The Kier molecular flexibility index (Phi) is 9.84. The molecule has 5 aromatic carbocycles. The van der Waals surface area contributed by atoms with Gasteiger partial charge in [0.15, 0.2) is 11.5 Å². The van der Waals surface area contributed by atoms with Crippen LogP contribution < -0.4 is 19.4 Å². The average molecular weight is 841 g/mol. The first kappa shape index (κ1) is 39.2. The van der Waals surface area contributed by atoms with Gasteiger partial charge in [-0.05, 0) is 109 Å². The number of carbonyl (C=O) groups is 4. The van der Waals surface area contributed by atoms with Crippen LogP contribution in [-0.2, 0) is 24.6 Å². The Bertz CT molecular complexity index is 2630. The fourth-order valence-corrected chi connectivity index (χ4v) is 10.3. The lowest BCUT2D eigenvalue weighted by molar-refractivity contribution is -0.127. The highest BCUT2D eigenvalue weighted by Gasteiger charge is 2.70. The van der Waals surface area contributed by atoms with Crippen molar-refractivity contribution in [1.82, 2.24) is 0 Å². The van der Waals surface area contributed by atoms with E-state index in [1.54, 1.807) is 60.7 Å². The van der Waals surface area contributed by atoms with Crippen LogP contribution in [0.25, 0.3) is 0 Å². The molecule has 0 bridgehead atoms. The van der Waals surface area contributed by atoms with E-state index >= 15 is 9.59 Å². The normalized spacial score (nSPS) is 24.7. The van der Waals surface area contributed by atoms with E-state index < -0.39 is 46.8 Å². The topological polar surface area (TPSA) is 132 Å². The summed E-state index contributed by atoms with van der Waals surface area (Å²) in [6.07, 6.45) is 2.31. The van der Waals surface area contributed by atoms with E-state index in [9.17, 15) is 14.7 Å². The van der Waals surface area contributed by atoms with Crippen molar-refractivity contribution in [2.24, 2.45) is 33.9 Å². The zero-order chi connectivity index (χ0) is 42.0. The van der Waals surface area contributed by atoms with Crippen molar-refractivity contribution in [2.45, 2.75) is 24.2 Å². The predicted molar refractivity (Wildman–Crippen MR) is 230 cm³/mol. The smallest absolute Gasteiger partial charge is 0.246 e. The van der Waals surface area contributed by atoms with Crippen LogP contribution in [0.2, 0.25) is 10.0 Å². The van der Waals surface area contributed by atoms with Crippen molar-refractivity contribution in [2.75, 3.05) is 35.9 Å². The van der Waals surface area contributed by atoms with Gasteiger partial charge in [0, 0.05) is 30.7 Å². The molecule has 6 atom stereocenters. The standard InChI is InChI=1S/C47H39Cl2N5O6/c1-52(2)31-16-12-29(13-17-31)50-51-30-14-18-32(19-15-30)53-43(56)35-21-20-34-36(40(35)45(53)58)25-37-44(57)54(33-11-7-10-28(48)24-33)46(59)47(37,27-8-5-4-6-9-27)41(34)26-22-38(49)42(55)39(23-26)60-3/h4-20,22-24,35-37,40-41,55H,21,25H2,1-3H3/t35-,36+,37-,40-,41-,47+/m0/s1. The van der Waals surface area contributed by atoms with Crippen LogP contribution in [-0.4, -0.2) is 49.9 Å². The van der Waals surface area contributed by atoms with Gasteiger partial charge in [0.1, 0.15) is 0 Å². The number of phenols is 1. The molecule has 0 unspecified atom stereocenters. The van der Waals surface area contributed by atoms with Gasteiger partial charge in [-0.1, -0.05) is 71.2 Å². The first-order valence-corrected chi connectivity index (χ1v) is 20.3. The summed E-state index contributed by atoms with van der Waals surface area (Å²) in [4.78, 5) is 64.1. The average Bonchev–Trinajstić information content (AvgIpc) is 3.65. The number of imide groups is 2. The third-order valence-corrected chi connectivity index (χ3v) is 13.0. The highest BCUT2D eigenvalue weighted by Crippen LogP contribution is 2.65. The SMILES string of the molecule is COc1cc([C@H]2C3=CC[C@@H]4C(=O)N(c5ccc(N=Nc6ccc(N(C)C)cc6)cc5)C(=O)[C@@H]4[C@@H]3C[C@H]3C(=O)N(c4cccc(Cl)c4)C(=O)[C@@]23c2ccccc2)cc(Cl)c1O. The van der Waals surface area contributed by atoms with E-state index in [-0.39, 0.29) is 41.2 Å². The van der Waals surface area contributed by atoms with Crippen molar-refractivity contribution in [3.05, 3.63) is 148 Å². The molecule has 2 saturated heterocycles. The van der Waals surface area contributed by atoms with Crippen molar-refractivity contribution in [1.29, 1.82) is 0 Å². The number of nitrogens with zero attached hydrogens (tertiary/aromatic N) is 5. The minimum Gasteiger partial charge on any atom is -0.503 e. The van der Waals surface area contributed by atoms with E-state index in [2.05, 4.69) is 10.2 Å². The number of halogens is 2. The molecule has 0 aromatic heterocycles. The quantitative estimate of drug-likeness (QED) is 0.0936. The maximum Gasteiger partial charge on any atom is 0.246 e. The highest BCUT2D eigenvalue weighted by atomic mass is 35.5. The maximum atomic E-state index is 15.5. The van der Waals surface area contributed by atoms with Gasteiger partial charge in [-0.2, -0.15) is 10.2 Å². The van der Waals surface area contributed by atoms with Crippen LogP contribution >= 0.6 is 23.2 Å². The Balaban J connectivity index is 1.13. The maximum absolute atomic E-state index is 15.5. The van der Waals surface area contributed by atoms with Gasteiger partial charge in [0.2, 0.25) is 23.6 Å². The number of phenolic OH excluding ortho intramolecular Hbond substituents is 1. The number of rotatable bonds is 8.